The second kappa shape index (κ2) is 35.7. The number of aryl methyl sites for hydroxylation is 1. The van der Waals surface area contributed by atoms with E-state index in [0.29, 0.717) is 56.2 Å². The lowest BCUT2D eigenvalue weighted by atomic mass is 10.1. The molecular weight excluding hydrogens is 1440 g/mol. The second-order valence-corrected chi connectivity index (χ2v) is 27.6. The van der Waals surface area contributed by atoms with Crippen molar-refractivity contribution in [3.05, 3.63) is 379 Å². The van der Waals surface area contributed by atoms with Crippen molar-refractivity contribution in [3.8, 4) is 39.9 Å². The van der Waals surface area contributed by atoms with Crippen molar-refractivity contribution in [1.29, 1.82) is 0 Å². The summed E-state index contributed by atoms with van der Waals surface area (Å²) in [5, 5.41) is 22.9. The van der Waals surface area contributed by atoms with Crippen LogP contribution >= 0.6 is 11.3 Å². The normalized spacial score (nSPS) is 10.8. The summed E-state index contributed by atoms with van der Waals surface area (Å²) in [4.78, 5) is 82.2. The first-order valence-electron chi connectivity index (χ1n) is 37.1. The number of thiophene rings is 1. The monoisotopic (exact) mass is 1520 g/mol. The number of fused-ring (bicyclic) bond motifs is 4. The number of aromatic nitrogens is 8. The Labute approximate surface area is 661 Å². The Morgan fingerprint density at radius 1 is 0.404 bits per heavy atom. The van der Waals surface area contributed by atoms with Gasteiger partial charge in [-0.1, -0.05) is 153 Å². The molecule has 114 heavy (non-hydrogen) atoms. The topological polar surface area (TPSA) is 229 Å². The summed E-state index contributed by atoms with van der Waals surface area (Å²) in [6.45, 7) is 6.07. The minimum atomic E-state index is -0.135. The highest BCUT2D eigenvalue weighted by Gasteiger charge is 2.19. The van der Waals surface area contributed by atoms with Crippen LogP contribution in [0.2, 0.25) is 0 Å². The number of benzene rings is 8. The molecule has 5 N–H and O–H groups in total. The number of para-hydroxylation sites is 8. The van der Waals surface area contributed by atoms with E-state index in [4.69, 9.17) is 4.74 Å². The molecule has 20 nitrogen and oxygen atoms in total. The smallest absolute Gasteiger partial charge is 0.241 e. The highest BCUT2D eigenvalue weighted by atomic mass is 32.1. The summed E-state index contributed by atoms with van der Waals surface area (Å²) in [6, 6.07) is 95.0. The zero-order chi connectivity index (χ0) is 78.9. The minimum absolute atomic E-state index is 0.00697. The summed E-state index contributed by atoms with van der Waals surface area (Å²) in [5.74, 6) is 3.69. The molecule has 0 aliphatic heterocycles. The SMILES string of the molecule is CC(C)Oc1cc2c(cn1)c(=O)cc(Nc1ccccc1)n2-c1ccccc1.CCc1cc2c(cn1)c(=O)cc(Nc1ccccc1)n2-c1ccccc1.CN(C)C(=O)CNc1cc2c(cn1)c(=O)cc(Nc1ccccc1)n2-c1ccccc1.O=c1cc(Nc2ccccc2)n(-c2ccccc2)c2cc(-c3ccsc3)ncc12. The van der Waals surface area contributed by atoms with Gasteiger partial charge in [0.25, 0.3) is 0 Å². The van der Waals surface area contributed by atoms with E-state index in [2.05, 4.69) is 68.0 Å². The highest BCUT2D eigenvalue weighted by molar-refractivity contribution is 7.08. The van der Waals surface area contributed by atoms with Crippen molar-refractivity contribution in [2.45, 2.75) is 33.3 Å². The Hall–Kier alpha value is -14.8. The molecule has 0 radical (unpaired) electrons. The number of carbonyl (C=O) groups is 1. The standard InChI is InChI=1S/C24H23N5O2.C24H17N3OS.C23H21N3O2.C22H19N3O/c1-28(2)24(31)16-26-22-13-20-19(15-25-22)21(30)14-23(27-17-9-5-3-6-10-17)29(20)18-11-7-4-8-12-18;28-23-14-24(26-18-7-3-1-4-8-18)27(19-9-5-2-6-10-19)22-13-21(25-15-20(22)23)17-11-12-29-16-17;1-16(2)28-23-13-20-19(15-24-23)21(27)14-22(25-17-9-5-3-6-10-17)26(20)18-11-7-4-8-12-18;1-2-16-13-20-19(15-23-16)21(26)14-22(24-17-9-5-3-6-10-17)25(20)18-11-7-4-8-12-18/h3-15,27H,16H2,1-2H3,(H,25,26);1-16,26H;3-16,25H,1-2H3;3-15,24H,2H2,1H3. The number of amides is 1. The number of hydrogen-bond donors (Lipinski definition) is 5. The number of anilines is 9. The van der Waals surface area contributed by atoms with Crippen molar-refractivity contribution in [1.82, 2.24) is 43.1 Å². The largest absolute Gasteiger partial charge is 0.475 e. The predicted molar refractivity (Wildman–Crippen MR) is 464 cm³/mol. The Bertz CT molecular complexity index is 6420. The van der Waals surface area contributed by atoms with Gasteiger partial charge in [-0.25, -0.2) is 9.97 Å². The molecule has 0 bridgehead atoms. The first-order valence-corrected chi connectivity index (χ1v) is 38.0. The van der Waals surface area contributed by atoms with Crippen LogP contribution in [0.4, 0.5) is 51.8 Å². The van der Waals surface area contributed by atoms with Gasteiger partial charge >= 0.3 is 0 Å². The zero-order valence-electron chi connectivity index (χ0n) is 63.1. The lowest BCUT2D eigenvalue weighted by Crippen LogP contribution is -2.28. The molecule has 9 heterocycles. The molecule has 0 unspecified atom stereocenters. The highest BCUT2D eigenvalue weighted by Crippen LogP contribution is 2.33. The van der Waals surface area contributed by atoms with Crippen LogP contribution < -0.4 is 53.0 Å². The molecule has 17 aromatic rings. The Morgan fingerprint density at radius 3 is 1.09 bits per heavy atom. The van der Waals surface area contributed by atoms with Gasteiger partial charge in [-0.05, 0) is 141 Å². The number of nitrogens with one attached hydrogen (secondary N) is 5. The maximum Gasteiger partial charge on any atom is 0.241 e. The third kappa shape index (κ3) is 18.0. The number of carbonyl (C=O) groups excluding carboxylic acids is 1. The van der Waals surface area contributed by atoms with Gasteiger partial charge in [0.05, 0.1) is 62.0 Å². The third-order valence-electron chi connectivity index (χ3n) is 18.3. The molecule has 17 rings (SSSR count). The molecular formula is C93H80N14O6S. The zero-order valence-corrected chi connectivity index (χ0v) is 63.9. The van der Waals surface area contributed by atoms with E-state index < -0.39 is 0 Å². The molecule has 9 aromatic heterocycles. The predicted octanol–water partition coefficient (Wildman–Crippen LogP) is 19.1. The maximum absolute atomic E-state index is 12.9. The number of rotatable bonds is 19. The average molecular weight is 1520 g/mol. The fraction of sp³-hybridized carbons (Fsp3) is 0.0860. The number of pyridine rings is 8. The lowest BCUT2D eigenvalue weighted by molar-refractivity contribution is -0.126. The van der Waals surface area contributed by atoms with Gasteiger partial charge < -0.3 is 36.2 Å². The van der Waals surface area contributed by atoms with Crippen molar-refractivity contribution < 1.29 is 9.53 Å². The van der Waals surface area contributed by atoms with Gasteiger partial charge in [-0.2, -0.15) is 11.3 Å². The summed E-state index contributed by atoms with van der Waals surface area (Å²) in [7, 11) is 3.40. The first-order chi connectivity index (χ1) is 55.7. The van der Waals surface area contributed by atoms with E-state index >= 15 is 0 Å². The van der Waals surface area contributed by atoms with Gasteiger partial charge in [0, 0.05) is 137 Å². The van der Waals surface area contributed by atoms with Crippen molar-refractivity contribution >= 4 is 113 Å². The van der Waals surface area contributed by atoms with Crippen molar-refractivity contribution in [2.24, 2.45) is 0 Å². The number of likely N-dealkylation sites (N-methyl/N-ethyl adjacent to an activating group) is 1. The number of ether oxygens (including phenoxy) is 1. The summed E-state index contributed by atoms with van der Waals surface area (Å²) in [5.41, 5.74) is 13.0. The molecule has 0 aliphatic carbocycles. The van der Waals surface area contributed by atoms with E-state index in [-0.39, 0.29) is 40.3 Å². The van der Waals surface area contributed by atoms with Crippen LogP contribution in [-0.2, 0) is 11.2 Å². The fourth-order valence-electron chi connectivity index (χ4n) is 12.8. The number of hydrogen-bond acceptors (Lipinski definition) is 16. The van der Waals surface area contributed by atoms with Crippen LogP contribution in [0.3, 0.4) is 0 Å². The van der Waals surface area contributed by atoms with Gasteiger partial charge in [0.1, 0.15) is 29.1 Å². The molecule has 1 amide bonds. The Kier molecular flexibility index (Phi) is 23.8. The van der Waals surface area contributed by atoms with Crippen LogP contribution in [0.5, 0.6) is 5.88 Å². The minimum Gasteiger partial charge on any atom is -0.475 e. The molecule has 0 saturated carbocycles. The van der Waals surface area contributed by atoms with E-state index in [1.165, 1.54) is 4.90 Å². The Balaban J connectivity index is 0.000000126. The third-order valence-corrected chi connectivity index (χ3v) is 19.0. The van der Waals surface area contributed by atoms with Crippen LogP contribution in [0, 0.1) is 0 Å². The molecule has 0 fully saturated rings. The van der Waals surface area contributed by atoms with Crippen molar-refractivity contribution in [3.63, 3.8) is 0 Å². The average Bonchev–Trinajstić information content (AvgIpc) is 0.975. The van der Waals surface area contributed by atoms with Gasteiger partial charge in [-0.3, -0.25) is 52.2 Å². The van der Waals surface area contributed by atoms with Crippen LogP contribution in [0.1, 0.15) is 26.5 Å². The van der Waals surface area contributed by atoms with E-state index in [9.17, 15) is 24.0 Å². The summed E-state index contributed by atoms with van der Waals surface area (Å²) < 4.78 is 13.9. The van der Waals surface area contributed by atoms with Crippen molar-refractivity contribution in [2.75, 3.05) is 47.2 Å². The number of nitrogens with zero attached hydrogens (tertiary/aromatic N) is 9. The van der Waals surface area contributed by atoms with Crippen LogP contribution in [0.25, 0.3) is 77.6 Å². The van der Waals surface area contributed by atoms with Gasteiger partial charge in [0.15, 0.2) is 21.7 Å². The molecule has 0 spiro atoms. The lowest BCUT2D eigenvalue weighted by Gasteiger charge is -2.19. The molecule has 0 aliphatic rings. The molecule has 21 heteroatoms. The second-order valence-electron chi connectivity index (χ2n) is 26.8. The molecule has 8 aromatic carbocycles. The first kappa shape index (κ1) is 76.0. The fourth-order valence-corrected chi connectivity index (χ4v) is 13.5. The molecule has 0 atom stereocenters. The molecule has 564 valence electrons. The van der Waals surface area contributed by atoms with E-state index in [1.54, 1.807) is 80.6 Å². The van der Waals surface area contributed by atoms with Crippen LogP contribution in [0.15, 0.2) is 352 Å². The summed E-state index contributed by atoms with van der Waals surface area (Å²) in [6.07, 6.45) is 7.30. The van der Waals surface area contributed by atoms with Gasteiger partial charge in [0.2, 0.25) is 11.8 Å². The molecule has 0 saturated heterocycles. The Morgan fingerprint density at radius 2 is 0.737 bits per heavy atom. The van der Waals surface area contributed by atoms with E-state index in [0.717, 1.165) is 91.2 Å². The summed E-state index contributed by atoms with van der Waals surface area (Å²) >= 11 is 1.63. The van der Waals surface area contributed by atoms with E-state index in [1.807, 2.05) is 295 Å². The maximum atomic E-state index is 12.9. The quantitative estimate of drug-likeness (QED) is 0.0507. The van der Waals surface area contributed by atoms with Crippen LogP contribution in [-0.4, -0.2) is 75.8 Å². The van der Waals surface area contributed by atoms with Gasteiger partial charge in [-0.15, -0.1) is 0 Å².